The zero-order valence-corrected chi connectivity index (χ0v) is 9.44. The van der Waals surface area contributed by atoms with E-state index in [9.17, 15) is 4.79 Å². The molecule has 0 aromatic rings. The monoisotopic (exact) mass is 198 g/mol. The molecule has 0 bridgehead atoms. The van der Waals surface area contributed by atoms with Crippen LogP contribution in [0.3, 0.4) is 0 Å². The largest absolute Gasteiger partial charge is 0.391 e. The highest BCUT2D eigenvalue weighted by atomic mass is 16.6. The standard InChI is InChI=1S/C10H18N2O2/c1-6(2)11-10-12(7(3)4)8(5)9(13)14-10/h6-8H,1-5H3. The normalized spacial score (nSPS) is 25.4. The number of cyclic esters (lactones) is 1. The Hall–Kier alpha value is -1.06. The number of hydrogen-bond acceptors (Lipinski definition) is 3. The number of aliphatic imine (C=N–C) groups is 1. The number of esters is 1. The van der Waals surface area contributed by atoms with Gasteiger partial charge < -0.3 is 9.64 Å². The van der Waals surface area contributed by atoms with Crippen LogP contribution in [0.5, 0.6) is 0 Å². The molecule has 1 aliphatic heterocycles. The predicted molar refractivity (Wildman–Crippen MR) is 55.1 cm³/mol. The van der Waals surface area contributed by atoms with Crippen molar-refractivity contribution in [1.29, 1.82) is 0 Å². The molecule has 80 valence electrons. The van der Waals surface area contributed by atoms with Gasteiger partial charge in [0.25, 0.3) is 6.02 Å². The van der Waals surface area contributed by atoms with Crippen molar-refractivity contribution in [2.45, 2.75) is 52.7 Å². The van der Waals surface area contributed by atoms with Gasteiger partial charge in [-0.2, -0.15) is 0 Å². The summed E-state index contributed by atoms with van der Waals surface area (Å²) in [6.07, 6.45) is 0. The molecule has 0 aromatic carbocycles. The molecule has 1 fully saturated rings. The topological polar surface area (TPSA) is 41.9 Å². The van der Waals surface area contributed by atoms with E-state index in [0.717, 1.165) is 0 Å². The molecular formula is C10H18N2O2. The van der Waals surface area contributed by atoms with E-state index in [2.05, 4.69) is 4.99 Å². The quantitative estimate of drug-likeness (QED) is 0.630. The minimum absolute atomic E-state index is 0.143. The van der Waals surface area contributed by atoms with Gasteiger partial charge in [-0.05, 0) is 34.6 Å². The van der Waals surface area contributed by atoms with Crippen molar-refractivity contribution >= 4 is 12.0 Å². The molecule has 0 radical (unpaired) electrons. The Morgan fingerprint density at radius 2 is 1.93 bits per heavy atom. The zero-order chi connectivity index (χ0) is 10.9. The number of amidine groups is 1. The van der Waals surface area contributed by atoms with E-state index in [1.54, 1.807) is 0 Å². The summed E-state index contributed by atoms with van der Waals surface area (Å²) < 4.78 is 5.10. The highest BCUT2D eigenvalue weighted by molar-refractivity contribution is 5.97. The summed E-state index contributed by atoms with van der Waals surface area (Å²) in [7, 11) is 0. The Kier molecular flexibility index (Phi) is 3.13. The lowest BCUT2D eigenvalue weighted by molar-refractivity contribution is -0.134. The third-order valence-corrected chi connectivity index (χ3v) is 2.10. The maximum Gasteiger partial charge on any atom is 0.336 e. The van der Waals surface area contributed by atoms with E-state index in [1.165, 1.54) is 0 Å². The van der Waals surface area contributed by atoms with Gasteiger partial charge in [0.1, 0.15) is 6.04 Å². The molecule has 0 aliphatic carbocycles. The fourth-order valence-corrected chi connectivity index (χ4v) is 1.49. The summed E-state index contributed by atoms with van der Waals surface area (Å²) in [5.41, 5.74) is 0. The number of hydrogen-bond donors (Lipinski definition) is 0. The first kappa shape index (κ1) is 11.0. The van der Waals surface area contributed by atoms with E-state index in [-0.39, 0.29) is 24.1 Å². The smallest absolute Gasteiger partial charge is 0.336 e. The molecule has 1 heterocycles. The fourth-order valence-electron chi connectivity index (χ4n) is 1.49. The molecule has 0 spiro atoms. The number of carbonyl (C=O) groups is 1. The Bertz CT molecular complexity index is 259. The fraction of sp³-hybridized carbons (Fsp3) is 0.800. The lowest BCUT2D eigenvalue weighted by atomic mass is 10.2. The van der Waals surface area contributed by atoms with Crippen LogP contribution in [0.15, 0.2) is 4.99 Å². The molecule has 4 nitrogen and oxygen atoms in total. The molecule has 1 atom stereocenters. The van der Waals surface area contributed by atoms with E-state index < -0.39 is 0 Å². The van der Waals surface area contributed by atoms with Gasteiger partial charge in [0.15, 0.2) is 0 Å². The molecule has 0 N–H and O–H groups in total. The van der Waals surface area contributed by atoms with Crippen molar-refractivity contribution in [3.8, 4) is 0 Å². The van der Waals surface area contributed by atoms with Gasteiger partial charge in [-0.15, -0.1) is 0 Å². The Morgan fingerprint density at radius 1 is 1.36 bits per heavy atom. The Labute approximate surface area is 84.9 Å². The maximum atomic E-state index is 11.3. The van der Waals surface area contributed by atoms with Gasteiger partial charge in [-0.3, -0.25) is 0 Å². The number of rotatable bonds is 2. The van der Waals surface area contributed by atoms with Crippen molar-refractivity contribution in [2.75, 3.05) is 0 Å². The molecule has 1 aliphatic rings. The van der Waals surface area contributed by atoms with Crippen LogP contribution in [0.4, 0.5) is 0 Å². The lowest BCUT2D eigenvalue weighted by Gasteiger charge is -2.23. The Balaban J connectivity index is 2.91. The minimum atomic E-state index is -0.215. The molecular weight excluding hydrogens is 180 g/mol. The molecule has 1 saturated heterocycles. The van der Waals surface area contributed by atoms with E-state index in [1.807, 2.05) is 39.5 Å². The number of ether oxygens (including phenoxy) is 1. The average molecular weight is 198 g/mol. The van der Waals surface area contributed by atoms with Crippen LogP contribution >= 0.6 is 0 Å². The molecule has 1 unspecified atom stereocenters. The van der Waals surface area contributed by atoms with Crippen molar-refractivity contribution in [3.63, 3.8) is 0 Å². The summed E-state index contributed by atoms with van der Waals surface area (Å²) in [5.74, 6) is -0.210. The van der Waals surface area contributed by atoms with Crippen LogP contribution < -0.4 is 0 Å². The third-order valence-electron chi connectivity index (χ3n) is 2.10. The second kappa shape index (κ2) is 3.98. The second-order valence-corrected chi connectivity index (χ2v) is 4.10. The lowest BCUT2D eigenvalue weighted by Crippen LogP contribution is -2.39. The summed E-state index contributed by atoms with van der Waals surface area (Å²) in [6.45, 7) is 9.80. The third kappa shape index (κ3) is 2.05. The first-order chi connectivity index (χ1) is 6.43. The first-order valence-corrected chi connectivity index (χ1v) is 5.01. The average Bonchev–Trinajstić information content (AvgIpc) is 2.26. The van der Waals surface area contributed by atoms with Crippen molar-refractivity contribution < 1.29 is 9.53 Å². The zero-order valence-electron chi connectivity index (χ0n) is 9.44. The van der Waals surface area contributed by atoms with Crippen LogP contribution in [-0.2, 0) is 9.53 Å². The van der Waals surface area contributed by atoms with Crippen LogP contribution in [0.1, 0.15) is 34.6 Å². The summed E-state index contributed by atoms with van der Waals surface area (Å²) >= 11 is 0. The Morgan fingerprint density at radius 3 is 2.36 bits per heavy atom. The van der Waals surface area contributed by atoms with E-state index in [0.29, 0.717) is 6.02 Å². The van der Waals surface area contributed by atoms with Crippen LogP contribution in [0.25, 0.3) is 0 Å². The van der Waals surface area contributed by atoms with Gasteiger partial charge in [0, 0.05) is 12.1 Å². The first-order valence-electron chi connectivity index (χ1n) is 5.01. The molecule has 14 heavy (non-hydrogen) atoms. The SMILES string of the molecule is CC(C)N=C1OC(=O)C(C)N1C(C)C. The molecule has 1 rings (SSSR count). The molecule has 0 aromatic heterocycles. The molecule has 0 amide bonds. The van der Waals surface area contributed by atoms with Crippen molar-refractivity contribution in [3.05, 3.63) is 0 Å². The summed E-state index contributed by atoms with van der Waals surface area (Å²) in [4.78, 5) is 17.5. The summed E-state index contributed by atoms with van der Waals surface area (Å²) in [5, 5.41) is 0. The van der Waals surface area contributed by atoms with Gasteiger partial charge in [0.2, 0.25) is 0 Å². The van der Waals surface area contributed by atoms with Crippen LogP contribution in [0, 0.1) is 0 Å². The molecule has 4 heteroatoms. The number of nitrogens with zero attached hydrogens (tertiary/aromatic N) is 2. The van der Waals surface area contributed by atoms with Crippen molar-refractivity contribution in [2.24, 2.45) is 4.99 Å². The maximum absolute atomic E-state index is 11.3. The van der Waals surface area contributed by atoms with Crippen molar-refractivity contribution in [1.82, 2.24) is 4.90 Å². The highest BCUT2D eigenvalue weighted by Gasteiger charge is 2.37. The van der Waals surface area contributed by atoms with Crippen LogP contribution in [0.2, 0.25) is 0 Å². The second-order valence-electron chi connectivity index (χ2n) is 4.10. The molecule has 0 saturated carbocycles. The van der Waals surface area contributed by atoms with Gasteiger partial charge in [-0.1, -0.05) is 0 Å². The predicted octanol–water partition coefficient (Wildman–Crippen LogP) is 1.41. The van der Waals surface area contributed by atoms with E-state index >= 15 is 0 Å². The number of carbonyl (C=O) groups excluding carboxylic acids is 1. The van der Waals surface area contributed by atoms with Gasteiger partial charge in [-0.25, -0.2) is 9.79 Å². The summed E-state index contributed by atoms with van der Waals surface area (Å²) in [6, 6.07) is 0.623. The van der Waals surface area contributed by atoms with Gasteiger partial charge in [0.05, 0.1) is 0 Å². The van der Waals surface area contributed by atoms with Crippen LogP contribution in [-0.4, -0.2) is 35.0 Å². The van der Waals surface area contributed by atoms with E-state index in [4.69, 9.17) is 4.74 Å². The minimum Gasteiger partial charge on any atom is -0.391 e. The highest BCUT2D eigenvalue weighted by Crippen LogP contribution is 2.17. The van der Waals surface area contributed by atoms with Gasteiger partial charge >= 0.3 is 5.97 Å².